The molecule has 0 aromatic carbocycles. The fraction of sp³-hybridized carbons (Fsp3) is 0.938. The van der Waals surface area contributed by atoms with Crippen LogP contribution < -0.4 is 0 Å². The van der Waals surface area contributed by atoms with E-state index in [9.17, 15) is 4.79 Å². The van der Waals surface area contributed by atoms with Crippen molar-refractivity contribution in [2.75, 3.05) is 20.1 Å². The minimum Gasteiger partial charge on any atom is -0.306 e. The average Bonchev–Trinajstić information content (AvgIpc) is 2.32. The van der Waals surface area contributed by atoms with Gasteiger partial charge < -0.3 is 4.90 Å². The Morgan fingerprint density at radius 2 is 2.06 bits per heavy atom. The fourth-order valence-electron chi connectivity index (χ4n) is 3.03. The number of carbonyl (C=O) groups excluding carboxylic acids is 1. The molecule has 0 bridgehead atoms. The Balaban J connectivity index is 2.36. The van der Waals surface area contributed by atoms with Gasteiger partial charge in [-0.2, -0.15) is 0 Å². The number of nitrogens with zero attached hydrogens (tertiary/aromatic N) is 1. The topological polar surface area (TPSA) is 20.3 Å². The standard InChI is InChI=1S/C16H31NO/c1-5-6-7-10-17(4)12-15-11-14(13(2)3)8-9-16(15)18/h13-15H,5-12H2,1-4H3. The summed E-state index contributed by atoms with van der Waals surface area (Å²) in [5, 5.41) is 0. The SMILES string of the molecule is CCCCCN(C)CC1CC(C(C)C)CCC1=O. The van der Waals surface area contributed by atoms with Gasteiger partial charge in [-0.25, -0.2) is 0 Å². The van der Waals surface area contributed by atoms with Crippen LogP contribution in [0.4, 0.5) is 0 Å². The van der Waals surface area contributed by atoms with Crippen molar-refractivity contribution in [3.8, 4) is 0 Å². The maximum atomic E-state index is 12.0. The van der Waals surface area contributed by atoms with Crippen LogP contribution in [0.5, 0.6) is 0 Å². The van der Waals surface area contributed by atoms with Crippen LogP contribution in [0.2, 0.25) is 0 Å². The van der Waals surface area contributed by atoms with Gasteiger partial charge >= 0.3 is 0 Å². The lowest BCUT2D eigenvalue weighted by Crippen LogP contribution is -2.36. The van der Waals surface area contributed by atoms with Crippen LogP contribution in [0.25, 0.3) is 0 Å². The summed E-state index contributed by atoms with van der Waals surface area (Å²) in [6.07, 6.45) is 6.89. The molecule has 1 rings (SSSR count). The van der Waals surface area contributed by atoms with Gasteiger partial charge in [0.05, 0.1) is 0 Å². The second-order valence-electron chi connectivity index (χ2n) is 6.41. The molecule has 0 aromatic rings. The number of ketones is 1. The monoisotopic (exact) mass is 253 g/mol. The number of hydrogen-bond acceptors (Lipinski definition) is 2. The maximum Gasteiger partial charge on any atom is 0.137 e. The Hall–Kier alpha value is -0.370. The first kappa shape index (κ1) is 15.7. The molecule has 106 valence electrons. The van der Waals surface area contributed by atoms with Crippen molar-refractivity contribution in [3.05, 3.63) is 0 Å². The summed E-state index contributed by atoms with van der Waals surface area (Å²) in [5.41, 5.74) is 0. The van der Waals surface area contributed by atoms with Crippen LogP contribution in [-0.2, 0) is 4.79 Å². The molecule has 2 heteroatoms. The third-order valence-electron chi connectivity index (χ3n) is 4.42. The average molecular weight is 253 g/mol. The van der Waals surface area contributed by atoms with E-state index in [0.29, 0.717) is 11.7 Å². The van der Waals surface area contributed by atoms with Crippen molar-refractivity contribution >= 4 is 5.78 Å². The van der Waals surface area contributed by atoms with Crippen LogP contribution in [0, 0.1) is 17.8 Å². The van der Waals surface area contributed by atoms with Gasteiger partial charge in [-0.05, 0) is 44.7 Å². The molecule has 0 amide bonds. The largest absolute Gasteiger partial charge is 0.306 e. The smallest absolute Gasteiger partial charge is 0.137 e. The molecule has 1 fully saturated rings. The van der Waals surface area contributed by atoms with Crippen molar-refractivity contribution in [2.45, 2.75) is 59.3 Å². The summed E-state index contributed by atoms with van der Waals surface area (Å²) in [6.45, 7) is 8.94. The quantitative estimate of drug-likeness (QED) is 0.644. The van der Waals surface area contributed by atoms with E-state index in [1.54, 1.807) is 0 Å². The van der Waals surface area contributed by atoms with E-state index in [1.807, 2.05) is 0 Å². The minimum atomic E-state index is 0.303. The van der Waals surface area contributed by atoms with Gasteiger partial charge in [-0.1, -0.05) is 33.6 Å². The molecule has 1 aliphatic rings. The third kappa shape index (κ3) is 5.09. The molecule has 2 atom stereocenters. The number of hydrogen-bond donors (Lipinski definition) is 0. The molecule has 0 aliphatic heterocycles. The van der Waals surface area contributed by atoms with Gasteiger partial charge in [-0.15, -0.1) is 0 Å². The Kier molecular flexibility index (Phi) is 6.91. The molecule has 0 heterocycles. The molecule has 0 aromatic heterocycles. The summed E-state index contributed by atoms with van der Waals surface area (Å²) in [4.78, 5) is 14.4. The molecule has 0 spiro atoms. The Morgan fingerprint density at radius 1 is 1.33 bits per heavy atom. The Labute approximate surface area is 113 Å². The number of Topliss-reactive ketones (excluding diaryl/α,β-unsaturated/α-hetero) is 1. The van der Waals surface area contributed by atoms with E-state index < -0.39 is 0 Å². The van der Waals surface area contributed by atoms with Crippen molar-refractivity contribution in [1.82, 2.24) is 4.90 Å². The number of unbranched alkanes of at least 4 members (excludes halogenated alkanes) is 2. The van der Waals surface area contributed by atoms with Crippen LogP contribution in [0.3, 0.4) is 0 Å². The minimum absolute atomic E-state index is 0.303. The van der Waals surface area contributed by atoms with Crippen LogP contribution in [0.15, 0.2) is 0 Å². The Morgan fingerprint density at radius 3 is 2.67 bits per heavy atom. The van der Waals surface area contributed by atoms with Crippen LogP contribution in [0.1, 0.15) is 59.3 Å². The summed E-state index contributed by atoms with van der Waals surface area (Å²) in [7, 11) is 2.17. The maximum absolute atomic E-state index is 12.0. The van der Waals surface area contributed by atoms with E-state index in [0.717, 1.165) is 44.2 Å². The normalized spacial score (nSPS) is 25.1. The first-order chi connectivity index (χ1) is 8.54. The first-order valence-corrected chi connectivity index (χ1v) is 7.75. The van der Waals surface area contributed by atoms with E-state index in [4.69, 9.17) is 0 Å². The van der Waals surface area contributed by atoms with Gasteiger partial charge in [0.2, 0.25) is 0 Å². The highest BCUT2D eigenvalue weighted by atomic mass is 16.1. The third-order valence-corrected chi connectivity index (χ3v) is 4.42. The lowest BCUT2D eigenvalue weighted by Gasteiger charge is -2.32. The second kappa shape index (κ2) is 7.93. The lowest BCUT2D eigenvalue weighted by atomic mass is 9.75. The van der Waals surface area contributed by atoms with E-state index >= 15 is 0 Å². The number of rotatable bonds is 7. The van der Waals surface area contributed by atoms with Gasteiger partial charge in [-0.3, -0.25) is 4.79 Å². The van der Waals surface area contributed by atoms with E-state index in [2.05, 4.69) is 32.7 Å². The van der Waals surface area contributed by atoms with Crippen LogP contribution in [-0.4, -0.2) is 30.8 Å². The van der Waals surface area contributed by atoms with Gasteiger partial charge in [0.25, 0.3) is 0 Å². The summed E-state index contributed by atoms with van der Waals surface area (Å²) < 4.78 is 0. The van der Waals surface area contributed by atoms with Crippen molar-refractivity contribution in [1.29, 1.82) is 0 Å². The van der Waals surface area contributed by atoms with Crippen molar-refractivity contribution < 1.29 is 4.79 Å². The van der Waals surface area contributed by atoms with E-state index in [1.165, 1.54) is 19.3 Å². The highest BCUT2D eigenvalue weighted by Crippen LogP contribution is 2.32. The van der Waals surface area contributed by atoms with Crippen LogP contribution >= 0.6 is 0 Å². The van der Waals surface area contributed by atoms with Gasteiger partial charge in [0.15, 0.2) is 0 Å². The molecule has 1 saturated carbocycles. The summed E-state index contributed by atoms with van der Waals surface area (Å²) in [5.74, 6) is 2.30. The van der Waals surface area contributed by atoms with E-state index in [-0.39, 0.29) is 0 Å². The second-order valence-corrected chi connectivity index (χ2v) is 6.41. The van der Waals surface area contributed by atoms with Crippen molar-refractivity contribution in [3.63, 3.8) is 0 Å². The molecule has 1 aliphatic carbocycles. The lowest BCUT2D eigenvalue weighted by molar-refractivity contribution is -0.126. The van der Waals surface area contributed by atoms with Crippen molar-refractivity contribution in [2.24, 2.45) is 17.8 Å². The molecule has 0 saturated heterocycles. The molecular weight excluding hydrogens is 222 g/mol. The fourth-order valence-corrected chi connectivity index (χ4v) is 3.03. The zero-order valence-electron chi connectivity index (χ0n) is 12.7. The molecule has 2 unspecified atom stereocenters. The predicted octanol–water partition coefficient (Wildman–Crippen LogP) is 3.75. The predicted molar refractivity (Wildman–Crippen MR) is 77.7 cm³/mol. The highest BCUT2D eigenvalue weighted by molar-refractivity contribution is 5.81. The van der Waals surface area contributed by atoms with Gasteiger partial charge in [0.1, 0.15) is 5.78 Å². The molecule has 0 N–H and O–H groups in total. The number of carbonyl (C=O) groups is 1. The van der Waals surface area contributed by atoms with Gasteiger partial charge in [0, 0.05) is 18.9 Å². The zero-order valence-corrected chi connectivity index (χ0v) is 12.7. The molecule has 2 nitrogen and oxygen atoms in total. The summed E-state index contributed by atoms with van der Waals surface area (Å²) in [6, 6.07) is 0. The zero-order chi connectivity index (χ0) is 13.5. The molecular formula is C16H31NO. The summed E-state index contributed by atoms with van der Waals surface area (Å²) >= 11 is 0. The Bertz CT molecular complexity index is 249. The molecule has 0 radical (unpaired) electrons. The molecule has 18 heavy (non-hydrogen) atoms. The first-order valence-electron chi connectivity index (χ1n) is 7.75. The highest BCUT2D eigenvalue weighted by Gasteiger charge is 2.30.